The van der Waals surface area contributed by atoms with E-state index in [-0.39, 0.29) is 0 Å². The van der Waals surface area contributed by atoms with Crippen LogP contribution in [-0.2, 0) is 0 Å². The van der Waals surface area contributed by atoms with Crippen LogP contribution in [0.5, 0.6) is 0 Å². The average molecular weight is 170 g/mol. The van der Waals surface area contributed by atoms with Crippen molar-refractivity contribution in [1.29, 1.82) is 0 Å². The lowest BCUT2D eigenvalue weighted by Crippen LogP contribution is -1.74. The molecular formula is C13H14. The molecule has 0 saturated carbocycles. The minimum absolute atomic E-state index is 1.02. The van der Waals surface area contributed by atoms with E-state index in [1.54, 1.807) is 0 Å². The Bertz CT molecular complexity index is 264. The second-order valence-electron chi connectivity index (χ2n) is 2.80. The number of allylic oxidation sites excluding steroid dienone is 5. The molecule has 1 aromatic carbocycles. The fourth-order valence-corrected chi connectivity index (χ4v) is 0.943. The molecule has 0 nitrogen and oxygen atoms in total. The Labute approximate surface area is 79.9 Å². The zero-order chi connectivity index (χ0) is 9.36. The maximum absolute atomic E-state index is 3.78. The van der Waals surface area contributed by atoms with Gasteiger partial charge in [-0.25, -0.2) is 0 Å². The molecule has 0 unspecified atom stereocenters. The van der Waals surface area contributed by atoms with E-state index in [9.17, 15) is 0 Å². The van der Waals surface area contributed by atoms with Crippen molar-refractivity contribution in [3.63, 3.8) is 0 Å². The van der Waals surface area contributed by atoms with Gasteiger partial charge in [-0.05, 0) is 6.42 Å². The highest BCUT2D eigenvalue weighted by Crippen LogP contribution is 2.05. The van der Waals surface area contributed by atoms with Crippen LogP contribution in [0.4, 0.5) is 0 Å². The number of hydrogen-bond acceptors (Lipinski definition) is 0. The van der Waals surface area contributed by atoms with Gasteiger partial charge in [0.15, 0.2) is 0 Å². The normalized spacial score (nSPS) is 13.4. The molecule has 0 atom stereocenters. The molecule has 0 fully saturated rings. The molecule has 0 aliphatic heterocycles. The van der Waals surface area contributed by atoms with Gasteiger partial charge >= 0.3 is 0 Å². The average Bonchev–Trinajstić information content (AvgIpc) is 2.22. The van der Waals surface area contributed by atoms with Gasteiger partial charge in [0.2, 0.25) is 0 Å². The molecular weight excluding hydrogens is 156 g/mol. The molecule has 1 aliphatic carbocycles. The summed E-state index contributed by atoms with van der Waals surface area (Å²) in [6.07, 6.45) is 9.19. The van der Waals surface area contributed by atoms with E-state index in [1.165, 1.54) is 5.57 Å². The van der Waals surface area contributed by atoms with Gasteiger partial charge in [0.05, 0.1) is 0 Å². The Morgan fingerprint density at radius 3 is 1.62 bits per heavy atom. The van der Waals surface area contributed by atoms with Gasteiger partial charge in [0, 0.05) is 0 Å². The van der Waals surface area contributed by atoms with Crippen LogP contribution in [0.15, 0.2) is 72.9 Å². The molecule has 66 valence electrons. The Kier molecular flexibility index (Phi) is 4.41. The minimum Gasteiger partial charge on any atom is -0.0955 e. The third-order valence-corrected chi connectivity index (χ3v) is 1.63. The summed E-state index contributed by atoms with van der Waals surface area (Å²) < 4.78 is 0. The molecule has 13 heavy (non-hydrogen) atoms. The van der Waals surface area contributed by atoms with Crippen LogP contribution < -0.4 is 0 Å². The summed E-state index contributed by atoms with van der Waals surface area (Å²) in [5.41, 5.74) is 1.20. The van der Waals surface area contributed by atoms with Crippen LogP contribution in [0, 0.1) is 0 Å². The van der Waals surface area contributed by atoms with Gasteiger partial charge < -0.3 is 0 Å². The van der Waals surface area contributed by atoms with Gasteiger partial charge in [0.25, 0.3) is 0 Å². The van der Waals surface area contributed by atoms with E-state index in [0.29, 0.717) is 0 Å². The van der Waals surface area contributed by atoms with Crippen molar-refractivity contribution in [3.05, 3.63) is 72.9 Å². The summed E-state index contributed by atoms with van der Waals surface area (Å²) in [5, 5.41) is 0. The largest absolute Gasteiger partial charge is 0.0955 e. The molecule has 2 rings (SSSR count). The molecule has 0 radical (unpaired) electrons. The van der Waals surface area contributed by atoms with Gasteiger partial charge in [-0.15, -0.1) is 0 Å². The first-order valence-electron chi connectivity index (χ1n) is 4.40. The van der Waals surface area contributed by atoms with Crippen LogP contribution >= 0.6 is 0 Å². The zero-order valence-corrected chi connectivity index (χ0v) is 7.69. The third-order valence-electron chi connectivity index (χ3n) is 1.63. The maximum Gasteiger partial charge on any atom is -0.0100 e. The van der Waals surface area contributed by atoms with Crippen LogP contribution in [0.3, 0.4) is 0 Å². The lowest BCUT2D eigenvalue weighted by atomic mass is 10.1. The third kappa shape index (κ3) is 4.81. The summed E-state index contributed by atoms with van der Waals surface area (Å²) in [7, 11) is 0. The van der Waals surface area contributed by atoms with Crippen molar-refractivity contribution in [2.75, 3.05) is 0 Å². The minimum atomic E-state index is 1.02. The van der Waals surface area contributed by atoms with Gasteiger partial charge in [-0.3, -0.25) is 0 Å². The highest BCUT2D eigenvalue weighted by atomic mass is 13.9. The van der Waals surface area contributed by atoms with Crippen LogP contribution in [0.25, 0.3) is 0 Å². The molecule has 0 heteroatoms. The number of rotatable bonds is 0. The van der Waals surface area contributed by atoms with E-state index in [4.69, 9.17) is 0 Å². The Hall–Kier alpha value is -1.56. The standard InChI is InChI=1S/C7H8.C6H6/c1-7-5-3-2-4-6-7;1-2-4-6-5-3-1/h2-5H,1,6H2;1-6H. The van der Waals surface area contributed by atoms with Gasteiger partial charge in [-0.2, -0.15) is 0 Å². The summed E-state index contributed by atoms with van der Waals surface area (Å²) in [5.74, 6) is 0. The lowest BCUT2D eigenvalue weighted by molar-refractivity contribution is 1.28. The van der Waals surface area contributed by atoms with Crippen molar-refractivity contribution in [2.45, 2.75) is 6.42 Å². The van der Waals surface area contributed by atoms with Gasteiger partial charge in [0.1, 0.15) is 0 Å². The molecule has 0 spiro atoms. The number of benzene rings is 1. The fraction of sp³-hybridized carbons (Fsp3) is 0.0769. The molecule has 0 amide bonds. The smallest absolute Gasteiger partial charge is 0.0100 e. The predicted octanol–water partition coefficient (Wildman–Crippen LogP) is 3.75. The van der Waals surface area contributed by atoms with Crippen molar-refractivity contribution < 1.29 is 0 Å². The highest BCUT2D eigenvalue weighted by molar-refractivity contribution is 5.26. The predicted molar refractivity (Wildman–Crippen MR) is 58.5 cm³/mol. The summed E-state index contributed by atoms with van der Waals surface area (Å²) >= 11 is 0. The Morgan fingerprint density at radius 2 is 1.38 bits per heavy atom. The summed E-state index contributed by atoms with van der Waals surface area (Å²) in [4.78, 5) is 0. The quantitative estimate of drug-likeness (QED) is 0.556. The van der Waals surface area contributed by atoms with E-state index in [0.717, 1.165) is 6.42 Å². The van der Waals surface area contributed by atoms with Crippen LogP contribution in [0.2, 0.25) is 0 Å². The fourth-order valence-electron chi connectivity index (χ4n) is 0.943. The monoisotopic (exact) mass is 170 g/mol. The second kappa shape index (κ2) is 6.01. The van der Waals surface area contributed by atoms with Crippen LogP contribution in [0.1, 0.15) is 6.42 Å². The molecule has 0 bridgehead atoms. The molecule has 1 aliphatic rings. The van der Waals surface area contributed by atoms with E-state index < -0.39 is 0 Å². The van der Waals surface area contributed by atoms with Crippen molar-refractivity contribution >= 4 is 0 Å². The second-order valence-corrected chi connectivity index (χ2v) is 2.80. The van der Waals surface area contributed by atoms with Crippen molar-refractivity contribution in [3.8, 4) is 0 Å². The first-order chi connectivity index (χ1) is 6.39. The first-order valence-corrected chi connectivity index (χ1v) is 4.40. The van der Waals surface area contributed by atoms with Crippen molar-refractivity contribution in [2.24, 2.45) is 0 Å². The zero-order valence-electron chi connectivity index (χ0n) is 7.69. The maximum atomic E-state index is 3.78. The lowest BCUT2D eigenvalue weighted by Gasteiger charge is -1.94. The molecule has 0 saturated heterocycles. The Balaban J connectivity index is 0.000000132. The van der Waals surface area contributed by atoms with Crippen molar-refractivity contribution in [1.82, 2.24) is 0 Å². The highest BCUT2D eigenvalue weighted by Gasteiger charge is 1.84. The van der Waals surface area contributed by atoms with E-state index in [1.807, 2.05) is 54.6 Å². The molecule has 0 N–H and O–H groups in total. The Morgan fingerprint density at radius 1 is 0.846 bits per heavy atom. The molecule has 0 heterocycles. The summed E-state index contributed by atoms with van der Waals surface area (Å²) in [6, 6.07) is 12.0. The molecule has 1 aromatic rings. The number of hydrogen-bond donors (Lipinski definition) is 0. The molecule has 0 aromatic heterocycles. The summed E-state index contributed by atoms with van der Waals surface area (Å²) in [6.45, 7) is 3.78. The SMILES string of the molecule is C=C1C=CC=CC1.c1ccccc1. The van der Waals surface area contributed by atoms with E-state index >= 15 is 0 Å². The topological polar surface area (TPSA) is 0 Å². The van der Waals surface area contributed by atoms with Gasteiger partial charge in [-0.1, -0.05) is 72.9 Å². The van der Waals surface area contributed by atoms with E-state index in [2.05, 4.69) is 12.7 Å². The van der Waals surface area contributed by atoms with Crippen LogP contribution in [-0.4, -0.2) is 0 Å². The first kappa shape index (κ1) is 9.53.